The average molecular weight is 272 g/mol. The zero-order chi connectivity index (χ0) is 13.2. The van der Waals surface area contributed by atoms with Crippen molar-refractivity contribution in [1.29, 1.82) is 0 Å². The lowest BCUT2D eigenvalue weighted by Crippen LogP contribution is -1.91. The number of nitrogens with one attached hydrogen (secondary N) is 1. The molecule has 0 radical (unpaired) electrons. The van der Waals surface area contributed by atoms with Gasteiger partial charge in [-0.05, 0) is 54.3 Å². The number of aromatic hydroxyl groups is 1. The summed E-state index contributed by atoms with van der Waals surface area (Å²) in [6.07, 6.45) is 3.67. The van der Waals surface area contributed by atoms with E-state index in [2.05, 4.69) is 11.1 Å². The summed E-state index contributed by atoms with van der Waals surface area (Å²) in [5.41, 5.74) is 3.35. The summed E-state index contributed by atoms with van der Waals surface area (Å²) in [6.45, 7) is 0. The van der Waals surface area contributed by atoms with Crippen molar-refractivity contribution in [1.82, 2.24) is 4.98 Å². The summed E-state index contributed by atoms with van der Waals surface area (Å²) in [4.78, 5) is 3.13. The van der Waals surface area contributed by atoms with Crippen LogP contribution in [0.3, 0.4) is 0 Å². The Morgan fingerprint density at radius 3 is 2.47 bits per heavy atom. The molecule has 2 nitrogen and oxygen atoms in total. The fourth-order valence-electron chi connectivity index (χ4n) is 2.29. The highest BCUT2D eigenvalue weighted by Crippen LogP contribution is 2.26. The monoisotopic (exact) mass is 271 g/mol. The maximum absolute atomic E-state index is 9.94. The number of phenolic OH excluding ortho intramolecular Hbond substituents is 1. The third-order valence-electron chi connectivity index (χ3n) is 3.32. The molecule has 0 atom stereocenters. The van der Waals surface area contributed by atoms with Gasteiger partial charge in [-0.25, -0.2) is 0 Å². The molecule has 0 saturated carbocycles. The van der Waals surface area contributed by atoms with Gasteiger partial charge in [0.1, 0.15) is 5.75 Å². The molecule has 19 heavy (non-hydrogen) atoms. The van der Waals surface area contributed by atoms with E-state index in [1.165, 1.54) is 5.56 Å². The predicted octanol–water partition coefficient (Wildman–Crippen LogP) is 4.31. The van der Waals surface area contributed by atoms with Gasteiger partial charge in [0, 0.05) is 22.1 Å². The van der Waals surface area contributed by atoms with Gasteiger partial charge in [0.05, 0.1) is 0 Å². The Bertz CT molecular complexity index is 700. The lowest BCUT2D eigenvalue weighted by Gasteiger charge is -2.04. The first-order valence-electron chi connectivity index (χ1n) is 6.26. The van der Waals surface area contributed by atoms with Crippen molar-refractivity contribution in [2.45, 2.75) is 12.8 Å². The van der Waals surface area contributed by atoms with E-state index >= 15 is 0 Å². The summed E-state index contributed by atoms with van der Waals surface area (Å²) in [7, 11) is 0. The van der Waals surface area contributed by atoms with Crippen molar-refractivity contribution >= 4 is 22.5 Å². The lowest BCUT2D eigenvalue weighted by molar-refractivity contribution is 0.481. The molecule has 0 unspecified atom stereocenters. The van der Waals surface area contributed by atoms with Gasteiger partial charge in [0.25, 0.3) is 0 Å². The number of hydrogen-bond acceptors (Lipinski definition) is 1. The van der Waals surface area contributed by atoms with Gasteiger partial charge in [-0.3, -0.25) is 0 Å². The van der Waals surface area contributed by atoms with Crippen molar-refractivity contribution < 1.29 is 5.11 Å². The zero-order valence-electron chi connectivity index (χ0n) is 10.4. The van der Waals surface area contributed by atoms with Gasteiger partial charge in [-0.15, -0.1) is 0 Å². The van der Waals surface area contributed by atoms with Crippen molar-refractivity contribution in [2.75, 3.05) is 0 Å². The summed E-state index contributed by atoms with van der Waals surface area (Å²) >= 11 is 5.87. The second-order valence-corrected chi connectivity index (χ2v) is 5.12. The van der Waals surface area contributed by atoms with Gasteiger partial charge in [-0.1, -0.05) is 23.7 Å². The predicted molar refractivity (Wildman–Crippen MR) is 78.8 cm³/mol. The van der Waals surface area contributed by atoms with Crippen LogP contribution in [0.1, 0.15) is 11.1 Å². The molecule has 0 aliphatic heterocycles. The molecule has 96 valence electrons. The van der Waals surface area contributed by atoms with Crippen LogP contribution in [0.4, 0.5) is 0 Å². The number of rotatable bonds is 3. The van der Waals surface area contributed by atoms with Crippen LogP contribution in [0.5, 0.6) is 5.75 Å². The van der Waals surface area contributed by atoms with Crippen LogP contribution in [0, 0.1) is 0 Å². The molecule has 0 aliphatic rings. The minimum Gasteiger partial charge on any atom is -0.507 e. The Morgan fingerprint density at radius 1 is 0.947 bits per heavy atom. The Hall–Kier alpha value is -1.93. The second kappa shape index (κ2) is 4.98. The minimum atomic E-state index is 0.338. The quantitative estimate of drug-likeness (QED) is 0.731. The summed E-state index contributed by atoms with van der Waals surface area (Å²) < 4.78 is 0. The van der Waals surface area contributed by atoms with Gasteiger partial charge in [0.2, 0.25) is 0 Å². The topological polar surface area (TPSA) is 36.0 Å². The van der Waals surface area contributed by atoms with E-state index < -0.39 is 0 Å². The van der Waals surface area contributed by atoms with Gasteiger partial charge >= 0.3 is 0 Å². The first-order valence-corrected chi connectivity index (χ1v) is 6.63. The smallest absolute Gasteiger partial charge is 0.125 e. The number of H-pyrrole nitrogens is 1. The fraction of sp³-hybridized carbons (Fsp3) is 0.125. The maximum atomic E-state index is 9.94. The molecule has 2 N–H and O–H groups in total. The first kappa shape index (κ1) is 12.1. The first-order chi connectivity index (χ1) is 9.22. The molecular weight excluding hydrogens is 258 g/mol. The number of hydrogen-bond donors (Lipinski definition) is 2. The number of aromatic amines is 1. The SMILES string of the molecule is Oc1cc(CCc2ccc(Cl)cc2)cc2[nH]ccc12. The van der Waals surface area contributed by atoms with Crippen LogP contribution in [0.2, 0.25) is 5.02 Å². The van der Waals surface area contributed by atoms with E-state index in [0.29, 0.717) is 5.75 Å². The van der Waals surface area contributed by atoms with Crippen LogP contribution in [0.15, 0.2) is 48.7 Å². The summed E-state index contributed by atoms with van der Waals surface area (Å²) in [5.74, 6) is 0.338. The van der Waals surface area contributed by atoms with Crippen LogP contribution in [0.25, 0.3) is 10.9 Å². The molecule has 0 fully saturated rings. The highest BCUT2D eigenvalue weighted by Gasteiger charge is 2.04. The highest BCUT2D eigenvalue weighted by molar-refractivity contribution is 6.30. The van der Waals surface area contributed by atoms with E-state index in [4.69, 9.17) is 11.6 Å². The molecule has 0 spiro atoms. The van der Waals surface area contributed by atoms with Crippen LogP contribution in [-0.4, -0.2) is 10.1 Å². The van der Waals surface area contributed by atoms with Crippen LogP contribution < -0.4 is 0 Å². The fourth-order valence-corrected chi connectivity index (χ4v) is 2.42. The van der Waals surface area contributed by atoms with E-state index in [9.17, 15) is 5.11 Å². The number of halogens is 1. The Balaban J connectivity index is 1.79. The molecule has 0 aliphatic carbocycles. The summed E-state index contributed by atoms with van der Waals surface area (Å²) in [5, 5.41) is 11.6. The third-order valence-corrected chi connectivity index (χ3v) is 3.57. The molecule has 1 heterocycles. The van der Waals surface area contributed by atoms with E-state index in [1.807, 2.05) is 42.6 Å². The lowest BCUT2D eigenvalue weighted by atomic mass is 10.0. The number of aromatic nitrogens is 1. The minimum absolute atomic E-state index is 0.338. The number of aryl methyl sites for hydroxylation is 2. The molecule has 0 saturated heterocycles. The number of phenols is 1. The van der Waals surface area contributed by atoms with Crippen molar-refractivity contribution in [3.05, 3.63) is 64.8 Å². The second-order valence-electron chi connectivity index (χ2n) is 4.68. The molecular formula is C16H14ClNO. The van der Waals surface area contributed by atoms with Crippen LogP contribution >= 0.6 is 11.6 Å². The van der Waals surface area contributed by atoms with E-state index in [-0.39, 0.29) is 0 Å². The molecule has 1 aromatic heterocycles. The average Bonchev–Trinajstić information content (AvgIpc) is 2.87. The number of fused-ring (bicyclic) bond motifs is 1. The highest BCUT2D eigenvalue weighted by atomic mass is 35.5. The summed E-state index contributed by atoms with van der Waals surface area (Å²) in [6, 6.07) is 13.7. The Morgan fingerprint density at radius 2 is 1.68 bits per heavy atom. The molecule has 0 amide bonds. The third kappa shape index (κ3) is 2.59. The van der Waals surface area contributed by atoms with Gasteiger partial charge in [0.15, 0.2) is 0 Å². The Labute approximate surface area is 116 Å². The normalized spacial score (nSPS) is 11.0. The largest absolute Gasteiger partial charge is 0.507 e. The zero-order valence-corrected chi connectivity index (χ0v) is 11.1. The molecule has 3 aromatic rings. The van der Waals surface area contributed by atoms with Crippen molar-refractivity contribution in [3.63, 3.8) is 0 Å². The molecule has 3 heteroatoms. The van der Waals surface area contributed by atoms with Gasteiger partial charge < -0.3 is 10.1 Å². The Kier molecular flexibility index (Phi) is 3.18. The van der Waals surface area contributed by atoms with E-state index in [0.717, 1.165) is 34.3 Å². The molecule has 2 aromatic carbocycles. The van der Waals surface area contributed by atoms with Crippen molar-refractivity contribution in [3.8, 4) is 5.75 Å². The maximum Gasteiger partial charge on any atom is 0.125 e. The van der Waals surface area contributed by atoms with E-state index in [1.54, 1.807) is 0 Å². The standard InChI is InChI=1S/C16H14ClNO/c17-13-5-3-11(4-6-13)1-2-12-9-15-14(7-8-18-15)16(19)10-12/h3-10,18-19H,1-2H2. The number of benzene rings is 2. The van der Waals surface area contributed by atoms with Crippen molar-refractivity contribution in [2.24, 2.45) is 0 Å². The molecule has 3 rings (SSSR count). The van der Waals surface area contributed by atoms with Crippen LogP contribution in [-0.2, 0) is 12.8 Å². The molecule has 0 bridgehead atoms. The van der Waals surface area contributed by atoms with Gasteiger partial charge in [-0.2, -0.15) is 0 Å².